The number of amides is 1. The van der Waals surface area contributed by atoms with Crippen molar-refractivity contribution in [3.8, 4) is 22.8 Å². The van der Waals surface area contributed by atoms with E-state index in [0.29, 0.717) is 33.6 Å². The van der Waals surface area contributed by atoms with Crippen LogP contribution >= 0.6 is 11.3 Å². The molecule has 8 heteroatoms. The lowest BCUT2D eigenvalue weighted by atomic mass is 10.1. The molecule has 0 N–H and O–H groups in total. The minimum atomic E-state index is -0.317. The Hall–Kier alpha value is -3.65. The number of carbonyl (C=O) groups excluding carboxylic acids is 1. The number of carbonyl (C=O) groups is 1. The highest BCUT2D eigenvalue weighted by Gasteiger charge is 2.24. The van der Waals surface area contributed by atoms with Crippen LogP contribution in [0.1, 0.15) is 21.7 Å². The van der Waals surface area contributed by atoms with E-state index in [4.69, 9.17) is 13.9 Å². The smallest absolute Gasteiger partial charge is 0.260 e. The summed E-state index contributed by atoms with van der Waals surface area (Å²) in [5.41, 5.74) is 2.64. The summed E-state index contributed by atoms with van der Waals surface area (Å²) in [5.74, 6) is 1.09. The summed E-state index contributed by atoms with van der Waals surface area (Å²) in [4.78, 5) is 19.8. The fourth-order valence-electron chi connectivity index (χ4n) is 3.36. The minimum Gasteiger partial charge on any atom is -0.493 e. The number of halogens is 1. The summed E-state index contributed by atoms with van der Waals surface area (Å²) >= 11 is 1.33. The molecule has 0 fully saturated rings. The average molecular weight is 453 g/mol. The largest absolute Gasteiger partial charge is 0.493 e. The van der Waals surface area contributed by atoms with E-state index in [9.17, 15) is 9.18 Å². The lowest BCUT2D eigenvalue weighted by Crippen LogP contribution is -2.30. The molecular weight excluding hydrogens is 431 g/mol. The fourth-order valence-corrected chi connectivity index (χ4v) is 4.19. The first-order valence-corrected chi connectivity index (χ1v) is 10.7. The van der Waals surface area contributed by atoms with E-state index in [0.717, 1.165) is 11.1 Å². The maximum atomic E-state index is 13.6. The van der Waals surface area contributed by atoms with Gasteiger partial charge >= 0.3 is 0 Å². The van der Waals surface area contributed by atoms with Crippen LogP contribution < -0.4 is 14.4 Å². The van der Waals surface area contributed by atoms with Crippen molar-refractivity contribution in [1.82, 2.24) is 4.98 Å². The second kappa shape index (κ2) is 9.23. The number of rotatable bonds is 7. The number of benzene rings is 2. The van der Waals surface area contributed by atoms with Gasteiger partial charge in [-0.1, -0.05) is 0 Å². The minimum absolute atomic E-state index is 0.204. The van der Waals surface area contributed by atoms with Crippen LogP contribution in [-0.2, 0) is 6.54 Å². The van der Waals surface area contributed by atoms with Crippen LogP contribution in [0.4, 0.5) is 9.52 Å². The van der Waals surface area contributed by atoms with Crippen molar-refractivity contribution >= 4 is 22.4 Å². The van der Waals surface area contributed by atoms with Crippen LogP contribution in [0.25, 0.3) is 11.3 Å². The highest BCUT2D eigenvalue weighted by atomic mass is 32.1. The Morgan fingerprint density at radius 1 is 1.16 bits per heavy atom. The number of aromatic nitrogens is 1. The molecule has 0 aliphatic carbocycles. The van der Waals surface area contributed by atoms with E-state index in [2.05, 4.69) is 4.98 Å². The van der Waals surface area contributed by atoms with E-state index < -0.39 is 0 Å². The summed E-state index contributed by atoms with van der Waals surface area (Å²) in [6.45, 7) is 2.06. The molecular formula is C24H21FN2O4S. The molecule has 2 aromatic carbocycles. The summed E-state index contributed by atoms with van der Waals surface area (Å²) in [6.07, 6.45) is 1.56. The van der Waals surface area contributed by atoms with E-state index in [1.54, 1.807) is 54.7 Å². The summed E-state index contributed by atoms with van der Waals surface area (Å²) in [6, 6.07) is 13.1. The van der Waals surface area contributed by atoms with Crippen LogP contribution in [-0.4, -0.2) is 25.1 Å². The van der Waals surface area contributed by atoms with Gasteiger partial charge in [-0.25, -0.2) is 9.37 Å². The van der Waals surface area contributed by atoms with Gasteiger partial charge in [-0.15, -0.1) is 11.3 Å². The molecule has 6 nitrogen and oxygen atoms in total. The van der Waals surface area contributed by atoms with Crippen LogP contribution in [0.3, 0.4) is 0 Å². The molecule has 0 bridgehead atoms. The third-order valence-electron chi connectivity index (χ3n) is 4.91. The Balaban J connectivity index is 1.72. The Labute approximate surface area is 188 Å². The monoisotopic (exact) mass is 452 g/mol. The first-order valence-electron chi connectivity index (χ1n) is 9.78. The standard InChI is InChI=1S/C24H21FN2O4S/c1-15-11-17(12-21(29-2)22(15)30-3)23(28)27(13-19-5-4-10-31-19)24-26-20(14-32-24)16-6-8-18(25)9-7-16/h4-12,14H,13H2,1-3H3. The topological polar surface area (TPSA) is 64.8 Å². The van der Waals surface area contributed by atoms with Crippen molar-refractivity contribution in [2.75, 3.05) is 19.1 Å². The molecule has 0 aliphatic heterocycles. The van der Waals surface area contributed by atoms with Crippen molar-refractivity contribution in [3.05, 3.63) is 82.9 Å². The van der Waals surface area contributed by atoms with Gasteiger partial charge < -0.3 is 13.9 Å². The van der Waals surface area contributed by atoms with E-state index in [1.807, 2.05) is 12.3 Å². The maximum absolute atomic E-state index is 13.6. The first-order chi connectivity index (χ1) is 15.5. The lowest BCUT2D eigenvalue weighted by Gasteiger charge is -2.20. The number of furan rings is 1. The molecule has 0 saturated carbocycles. The zero-order valence-electron chi connectivity index (χ0n) is 17.8. The number of hydrogen-bond donors (Lipinski definition) is 0. The third kappa shape index (κ3) is 4.36. The number of hydrogen-bond acceptors (Lipinski definition) is 6. The number of nitrogens with zero attached hydrogens (tertiary/aromatic N) is 2. The van der Waals surface area contributed by atoms with Gasteiger partial charge in [0.1, 0.15) is 11.6 Å². The molecule has 4 rings (SSSR count). The van der Waals surface area contributed by atoms with Crippen LogP contribution in [0.5, 0.6) is 11.5 Å². The molecule has 0 atom stereocenters. The molecule has 0 saturated heterocycles. The Morgan fingerprint density at radius 3 is 2.59 bits per heavy atom. The van der Waals surface area contributed by atoms with Crippen molar-refractivity contribution < 1.29 is 23.1 Å². The van der Waals surface area contributed by atoms with Crippen LogP contribution in [0, 0.1) is 12.7 Å². The molecule has 2 heterocycles. The SMILES string of the molecule is COc1cc(C(=O)N(Cc2ccco2)c2nc(-c3ccc(F)cc3)cs2)cc(C)c1OC. The average Bonchev–Trinajstić information content (AvgIpc) is 3.49. The molecule has 32 heavy (non-hydrogen) atoms. The number of anilines is 1. The molecule has 0 spiro atoms. The maximum Gasteiger partial charge on any atom is 0.260 e. The van der Waals surface area contributed by atoms with E-state index in [-0.39, 0.29) is 18.3 Å². The van der Waals surface area contributed by atoms with Gasteiger partial charge in [0.15, 0.2) is 16.6 Å². The molecule has 164 valence electrons. The van der Waals surface area contributed by atoms with Gasteiger partial charge in [-0.05, 0) is 61.0 Å². The number of thiazole rings is 1. The molecule has 0 radical (unpaired) electrons. The number of aryl methyl sites for hydroxylation is 1. The van der Waals surface area contributed by atoms with Crippen LogP contribution in [0.15, 0.2) is 64.6 Å². The van der Waals surface area contributed by atoms with E-state index >= 15 is 0 Å². The molecule has 1 amide bonds. The van der Waals surface area contributed by atoms with Crippen LogP contribution in [0.2, 0.25) is 0 Å². The Kier molecular flexibility index (Phi) is 6.23. The summed E-state index contributed by atoms with van der Waals surface area (Å²) in [5, 5.41) is 2.34. The van der Waals surface area contributed by atoms with Gasteiger partial charge in [0.05, 0.1) is 32.7 Å². The number of ether oxygens (including phenoxy) is 2. The van der Waals surface area contributed by atoms with Crippen molar-refractivity contribution in [2.24, 2.45) is 0 Å². The zero-order valence-corrected chi connectivity index (χ0v) is 18.6. The van der Waals surface area contributed by atoms with Crippen molar-refractivity contribution in [3.63, 3.8) is 0 Å². The molecule has 0 unspecified atom stereocenters. The first kappa shape index (κ1) is 21.6. The second-order valence-corrected chi connectivity index (χ2v) is 7.86. The molecule has 4 aromatic rings. The highest BCUT2D eigenvalue weighted by molar-refractivity contribution is 7.14. The van der Waals surface area contributed by atoms with Gasteiger partial charge in [0, 0.05) is 16.5 Å². The predicted octanol–water partition coefficient (Wildman–Crippen LogP) is 5.71. The van der Waals surface area contributed by atoms with Crippen molar-refractivity contribution in [1.29, 1.82) is 0 Å². The zero-order chi connectivity index (χ0) is 22.7. The predicted molar refractivity (Wildman–Crippen MR) is 121 cm³/mol. The van der Waals surface area contributed by atoms with Crippen molar-refractivity contribution in [2.45, 2.75) is 13.5 Å². The number of methoxy groups -OCH3 is 2. The highest BCUT2D eigenvalue weighted by Crippen LogP contribution is 2.34. The molecule has 2 aromatic heterocycles. The van der Waals surface area contributed by atoms with Gasteiger partial charge in [-0.3, -0.25) is 9.69 Å². The van der Waals surface area contributed by atoms with Gasteiger partial charge in [0.25, 0.3) is 5.91 Å². The van der Waals surface area contributed by atoms with E-state index in [1.165, 1.54) is 30.6 Å². The van der Waals surface area contributed by atoms with Gasteiger partial charge in [-0.2, -0.15) is 0 Å². The lowest BCUT2D eigenvalue weighted by molar-refractivity contribution is 0.0982. The Morgan fingerprint density at radius 2 is 1.94 bits per heavy atom. The van der Waals surface area contributed by atoms with Gasteiger partial charge in [0.2, 0.25) is 0 Å². The second-order valence-electron chi connectivity index (χ2n) is 7.02. The summed E-state index contributed by atoms with van der Waals surface area (Å²) < 4.78 is 29.6. The Bertz CT molecular complexity index is 1220. The quantitative estimate of drug-likeness (QED) is 0.359. The summed E-state index contributed by atoms with van der Waals surface area (Å²) in [7, 11) is 3.09. The normalized spacial score (nSPS) is 10.8. The molecule has 0 aliphatic rings. The third-order valence-corrected chi connectivity index (χ3v) is 5.78. The fraction of sp³-hybridized carbons (Fsp3) is 0.167.